The van der Waals surface area contributed by atoms with E-state index in [1.807, 2.05) is 25.2 Å². The highest BCUT2D eigenvalue weighted by Crippen LogP contribution is 2.45. The van der Waals surface area contributed by atoms with Crippen molar-refractivity contribution in [2.45, 2.75) is 32.1 Å². The normalized spacial score (nSPS) is 24.8. The van der Waals surface area contributed by atoms with Crippen molar-refractivity contribution in [1.29, 1.82) is 0 Å². The fraction of sp³-hybridized carbons (Fsp3) is 0.714. The molecular weight excluding hydrogens is 244 g/mol. The summed E-state index contributed by atoms with van der Waals surface area (Å²) in [6.45, 7) is 1.19. The molecule has 5 nitrogen and oxygen atoms in total. The second kappa shape index (κ2) is 5.23. The van der Waals surface area contributed by atoms with E-state index >= 15 is 0 Å². The number of carbonyl (C=O) groups excluding carboxylic acids is 1. The first-order valence-corrected chi connectivity index (χ1v) is 6.80. The van der Waals surface area contributed by atoms with Gasteiger partial charge in [-0.15, -0.1) is 0 Å². The number of ketones is 1. The summed E-state index contributed by atoms with van der Waals surface area (Å²) in [5.74, 6) is 0.250. The first kappa shape index (κ1) is 13.9. The molecule has 2 fully saturated rings. The average Bonchev–Trinajstić information content (AvgIpc) is 2.34. The maximum absolute atomic E-state index is 11.9. The predicted octanol–water partition coefficient (Wildman–Crippen LogP) is 1.95. The number of likely N-dealkylation sites (tertiary alicyclic amines) is 1. The lowest BCUT2D eigenvalue weighted by molar-refractivity contribution is -0.118. The summed E-state index contributed by atoms with van der Waals surface area (Å²) in [5.41, 5.74) is 1.04. The summed E-state index contributed by atoms with van der Waals surface area (Å²) < 4.78 is 0. The number of hydrogen-bond acceptors (Lipinski definition) is 3. The molecule has 1 aliphatic heterocycles. The van der Waals surface area contributed by atoms with Gasteiger partial charge in [0.1, 0.15) is 0 Å². The van der Waals surface area contributed by atoms with Crippen molar-refractivity contribution in [2.75, 3.05) is 27.2 Å². The molecule has 0 unspecified atom stereocenters. The number of hydrogen-bond donors (Lipinski definition) is 1. The van der Waals surface area contributed by atoms with E-state index in [-0.39, 0.29) is 11.2 Å². The monoisotopic (exact) mass is 266 g/mol. The zero-order valence-corrected chi connectivity index (χ0v) is 11.7. The molecule has 0 atom stereocenters. The first-order valence-electron chi connectivity index (χ1n) is 6.80. The summed E-state index contributed by atoms with van der Waals surface area (Å²) in [6, 6.07) is 0. The second-order valence-electron chi connectivity index (χ2n) is 5.99. The van der Waals surface area contributed by atoms with E-state index in [4.69, 9.17) is 5.11 Å². The molecular formula is C14H22N2O3. The van der Waals surface area contributed by atoms with E-state index < -0.39 is 6.09 Å². The topological polar surface area (TPSA) is 60.9 Å². The van der Waals surface area contributed by atoms with Crippen molar-refractivity contribution in [3.8, 4) is 0 Å². The Morgan fingerprint density at radius 1 is 1.32 bits per heavy atom. The minimum absolute atomic E-state index is 0.141. The molecule has 5 heteroatoms. The standard InChI is InChI=1S/C14H22N2O3/c1-15(2)10-11-9-14(4-3-12(11)17)5-7-16(8-6-14)13(18)19/h10H,3-9H2,1-2H3,(H,18,19)/b11-10+. The predicted molar refractivity (Wildman–Crippen MR) is 71.9 cm³/mol. The Morgan fingerprint density at radius 2 is 1.95 bits per heavy atom. The molecule has 1 N–H and O–H groups in total. The van der Waals surface area contributed by atoms with Crippen LogP contribution in [0.4, 0.5) is 4.79 Å². The Bertz CT molecular complexity index is 407. The Hall–Kier alpha value is -1.52. The van der Waals surface area contributed by atoms with E-state index in [1.165, 1.54) is 4.90 Å². The molecule has 106 valence electrons. The number of allylic oxidation sites excluding steroid dienone is 1. The van der Waals surface area contributed by atoms with E-state index in [1.54, 1.807) is 0 Å². The summed E-state index contributed by atoms with van der Waals surface area (Å²) >= 11 is 0. The van der Waals surface area contributed by atoms with Gasteiger partial charge in [0, 0.05) is 45.4 Å². The Balaban J connectivity index is 2.06. The van der Waals surface area contributed by atoms with Crippen LogP contribution in [0.5, 0.6) is 0 Å². The number of amides is 1. The van der Waals surface area contributed by atoms with Gasteiger partial charge in [0.15, 0.2) is 5.78 Å². The minimum Gasteiger partial charge on any atom is -0.465 e. The van der Waals surface area contributed by atoms with Crippen molar-refractivity contribution >= 4 is 11.9 Å². The third kappa shape index (κ3) is 3.08. The van der Waals surface area contributed by atoms with Crippen LogP contribution in [0.15, 0.2) is 11.8 Å². The van der Waals surface area contributed by atoms with Gasteiger partial charge in [-0.3, -0.25) is 4.79 Å². The van der Waals surface area contributed by atoms with Gasteiger partial charge < -0.3 is 14.9 Å². The van der Waals surface area contributed by atoms with Crippen LogP contribution in [0.25, 0.3) is 0 Å². The molecule has 1 heterocycles. The second-order valence-corrected chi connectivity index (χ2v) is 5.99. The van der Waals surface area contributed by atoms with Crippen LogP contribution in [-0.4, -0.2) is 54.0 Å². The molecule has 2 aliphatic rings. The molecule has 19 heavy (non-hydrogen) atoms. The SMILES string of the molecule is CN(C)/C=C1\CC2(CCC1=O)CCN(C(=O)O)CC2. The molecule has 0 bridgehead atoms. The number of carboxylic acid groups (broad SMARTS) is 1. The molecule has 2 rings (SSSR count). The molecule has 1 amide bonds. The van der Waals surface area contributed by atoms with Crippen LogP contribution in [0.1, 0.15) is 32.1 Å². The average molecular weight is 266 g/mol. The molecule has 0 aromatic rings. The lowest BCUT2D eigenvalue weighted by atomic mass is 9.66. The van der Waals surface area contributed by atoms with Crippen molar-refractivity contribution < 1.29 is 14.7 Å². The summed E-state index contributed by atoms with van der Waals surface area (Å²) in [6.07, 6.45) is 5.15. The van der Waals surface area contributed by atoms with Gasteiger partial charge >= 0.3 is 6.09 Å². The molecule has 0 aromatic heterocycles. The molecule has 1 saturated heterocycles. The maximum Gasteiger partial charge on any atom is 0.407 e. The van der Waals surface area contributed by atoms with Crippen molar-refractivity contribution in [2.24, 2.45) is 5.41 Å². The highest BCUT2D eigenvalue weighted by atomic mass is 16.4. The lowest BCUT2D eigenvalue weighted by Gasteiger charge is -2.43. The zero-order chi connectivity index (χ0) is 14.0. The lowest BCUT2D eigenvalue weighted by Crippen LogP contribution is -2.44. The van der Waals surface area contributed by atoms with Gasteiger partial charge in [-0.25, -0.2) is 4.79 Å². The Labute approximate surface area is 113 Å². The van der Waals surface area contributed by atoms with Crippen molar-refractivity contribution in [3.05, 3.63) is 11.8 Å². The van der Waals surface area contributed by atoms with Crippen molar-refractivity contribution in [3.63, 3.8) is 0 Å². The number of nitrogens with zero attached hydrogens (tertiary/aromatic N) is 2. The van der Waals surface area contributed by atoms with Crippen LogP contribution < -0.4 is 0 Å². The quantitative estimate of drug-likeness (QED) is 0.737. The van der Waals surface area contributed by atoms with E-state index in [9.17, 15) is 9.59 Å². The largest absolute Gasteiger partial charge is 0.465 e. The van der Waals surface area contributed by atoms with Gasteiger partial charge in [0.05, 0.1) is 0 Å². The first-order chi connectivity index (χ1) is 8.92. The summed E-state index contributed by atoms with van der Waals surface area (Å²) in [4.78, 5) is 26.3. The van der Waals surface area contributed by atoms with Crippen LogP contribution in [0.2, 0.25) is 0 Å². The number of rotatable bonds is 1. The number of carbonyl (C=O) groups is 2. The van der Waals surface area contributed by atoms with Crippen molar-refractivity contribution in [1.82, 2.24) is 9.80 Å². The molecule has 1 spiro atoms. The summed E-state index contributed by atoms with van der Waals surface area (Å²) in [7, 11) is 3.85. The Kier molecular flexibility index (Phi) is 3.83. The smallest absolute Gasteiger partial charge is 0.407 e. The molecule has 1 aliphatic carbocycles. The van der Waals surface area contributed by atoms with Crippen LogP contribution in [0, 0.1) is 5.41 Å². The van der Waals surface area contributed by atoms with Crippen LogP contribution >= 0.6 is 0 Å². The van der Waals surface area contributed by atoms with E-state index in [0.29, 0.717) is 19.5 Å². The van der Waals surface area contributed by atoms with E-state index in [2.05, 4.69) is 0 Å². The van der Waals surface area contributed by atoms with Gasteiger partial charge in [-0.05, 0) is 31.1 Å². The third-order valence-electron chi connectivity index (χ3n) is 4.31. The maximum atomic E-state index is 11.9. The summed E-state index contributed by atoms with van der Waals surface area (Å²) in [5, 5.41) is 8.99. The molecule has 0 radical (unpaired) electrons. The Morgan fingerprint density at radius 3 is 2.47 bits per heavy atom. The van der Waals surface area contributed by atoms with Gasteiger partial charge in [-0.1, -0.05) is 0 Å². The fourth-order valence-corrected chi connectivity index (χ4v) is 3.16. The third-order valence-corrected chi connectivity index (χ3v) is 4.31. The van der Waals surface area contributed by atoms with E-state index in [0.717, 1.165) is 31.3 Å². The fourth-order valence-electron chi connectivity index (χ4n) is 3.16. The number of Topliss-reactive ketones (excluding diaryl/α,β-unsaturated/α-hetero) is 1. The van der Waals surface area contributed by atoms with Crippen LogP contribution in [-0.2, 0) is 4.79 Å². The van der Waals surface area contributed by atoms with Gasteiger partial charge in [0.25, 0.3) is 0 Å². The highest BCUT2D eigenvalue weighted by Gasteiger charge is 2.40. The highest BCUT2D eigenvalue weighted by molar-refractivity contribution is 5.96. The van der Waals surface area contributed by atoms with Gasteiger partial charge in [-0.2, -0.15) is 0 Å². The van der Waals surface area contributed by atoms with Crippen LogP contribution in [0.3, 0.4) is 0 Å². The molecule has 1 saturated carbocycles. The number of piperidine rings is 1. The minimum atomic E-state index is -0.828. The molecule has 0 aromatic carbocycles. The van der Waals surface area contributed by atoms with Gasteiger partial charge in [0.2, 0.25) is 0 Å². The zero-order valence-electron chi connectivity index (χ0n) is 11.7.